The van der Waals surface area contributed by atoms with Crippen LogP contribution in [-0.2, 0) is 14.4 Å². The molecule has 0 rings (SSSR count). The molecule has 0 spiro atoms. The zero-order valence-electron chi connectivity index (χ0n) is 7.38. The van der Waals surface area contributed by atoms with Crippen molar-refractivity contribution in [2.45, 2.75) is 26.1 Å². The Bertz CT molecular complexity index is 226. The molecule has 0 unspecified atom stereocenters. The molecule has 0 saturated carbocycles. The number of ketones is 1. The molecule has 0 radical (unpaired) electrons. The van der Waals surface area contributed by atoms with Gasteiger partial charge in [-0.15, -0.1) is 0 Å². The van der Waals surface area contributed by atoms with Crippen LogP contribution in [0.3, 0.4) is 0 Å². The number of carbonyl (C=O) groups excluding carboxylic acids is 2. The Balaban J connectivity index is 4.21. The smallest absolute Gasteiger partial charge is 0.372 e. The van der Waals surface area contributed by atoms with E-state index in [0.29, 0.717) is 0 Å². The van der Waals surface area contributed by atoms with Crippen molar-refractivity contribution >= 4 is 25.2 Å². The molecule has 5 heteroatoms. The number of carboxylic acids is 1. The number of carbonyl (C=O) groups is 3. The zero-order valence-corrected chi connectivity index (χ0v) is 8.38. The van der Waals surface area contributed by atoms with Crippen LogP contribution in [0.25, 0.3) is 0 Å². The van der Waals surface area contributed by atoms with Gasteiger partial charge in [0, 0.05) is 0 Å². The minimum atomic E-state index is -1.99. The molecule has 0 aliphatic heterocycles. The van der Waals surface area contributed by atoms with Crippen LogP contribution in [0.2, 0.25) is 19.6 Å². The second kappa shape index (κ2) is 3.62. The topological polar surface area (TPSA) is 71.4 Å². The van der Waals surface area contributed by atoms with Gasteiger partial charge in [-0.1, -0.05) is 19.6 Å². The molecule has 0 bridgehead atoms. The minimum Gasteiger partial charge on any atom is -0.475 e. The molecule has 0 heterocycles. The number of aliphatic carboxylic acids is 1. The van der Waals surface area contributed by atoms with Gasteiger partial charge in [0.2, 0.25) is 5.78 Å². The van der Waals surface area contributed by atoms with Gasteiger partial charge in [0.1, 0.15) is 13.5 Å². The second-order valence-corrected chi connectivity index (χ2v) is 8.64. The first kappa shape index (κ1) is 11.0. The van der Waals surface area contributed by atoms with E-state index in [2.05, 4.69) is 0 Å². The number of Topliss-reactive ketones (excluding diaryl/α,β-unsaturated/α-hetero) is 1. The van der Waals surface area contributed by atoms with Gasteiger partial charge in [-0.25, -0.2) is 4.79 Å². The van der Waals surface area contributed by atoms with Crippen molar-refractivity contribution in [1.29, 1.82) is 0 Å². The monoisotopic (exact) mass is 188 g/mol. The normalized spacial score (nSPS) is 10.9. The summed E-state index contributed by atoms with van der Waals surface area (Å²) in [6.45, 7) is 5.35. The highest BCUT2D eigenvalue weighted by Crippen LogP contribution is 2.05. The average molecular weight is 188 g/mol. The van der Waals surface area contributed by atoms with Crippen molar-refractivity contribution < 1.29 is 19.5 Å². The fourth-order valence-corrected chi connectivity index (χ4v) is 1.18. The van der Waals surface area contributed by atoms with Gasteiger partial charge in [0.25, 0.3) is 0 Å². The van der Waals surface area contributed by atoms with Crippen molar-refractivity contribution in [3.05, 3.63) is 0 Å². The van der Waals surface area contributed by atoms with Crippen LogP contribution < -0.4 is 0 Å². The van der Waals surface area contributed by atoms with Crippen LogP contribution >= 0.6 is 0 Å². The summed E-state index contributed by atoms with van der Waals surface area (Å²) >= 11 is 0. The van der Waals surface area contributed by atoms with Crippen molar-refractivity contribution in [3.63, 3.8) is 0 Å². The molecule has 12 heavy (non-hydrogen) atoms. The van der Waals surface area contributed by atoms with Crippen LogP contribution in [0.5, 0.6) is 0 Å². The van der Waals surface area contributed by atoms with E-state index < -0.39 is 26.2 Å². The van der Waals surface area contributed by atoms with Crippen molar-refractivity contribution in [3.8, 4) is 0 Å². The van der Waals surface area contributed by atoms with Crippen LogP contribution in [0.15, 0.2) is 0 Å². The first-order chi connectivity index (χ1) is 5.25. The Kier molecular flexibility index (Phi) is 3.32. The maximum atomic E-state index is 11.2. The first-order valence-corrected chi connectivity index (χ1v) is 7.04. The van der Waals surface area contributed by atoms with E-state index in [9.17, 15) is 14.4 Å². The quantitative estimate of drug-likeness (QED) is 0.395. The SMILES string of the molecule is C[Si](C)(C)C(=O)CC(=O)C(=O)O. The Labute approximate surface area is 71.6 Å². The van der Waals surface area contributed by atoms with Crippen molar-refractivity contribution in [2.75, 3.05) is 0 Å². The largest absolute Gasteiger partial charge is 0.475 e. The third-order valence-corrected chi connectivity index (χ3v) is 3.25. The van der Waals surface area contributed by atoms with Crippen molar-refractivity contribution in [2.24, 2.45) is 0 Å². The maximum absolute atomic E-state index is 11.2. The Morgan fingerprint density at radius 2 is 1.58 bits per heavy atom. The van der Waals surface area contributed by atoms with E-state index in [0.717, 1.165) is 0 Å². The third kappa shape index (κ3) is 3.43. The molecule has 0 aromatic heterocycles. The summed E-state index contributed by atoms with van der Waals surface area (Å²) in [4.78, 5) is 31.8. The Morgan fingerprint density at radius 1 is 1.17 bits per heavy atom. The highest BCUT2D eigenvalue weighted by atomic mass is 28.3. The number of hydrogen-bond acceptors (Lipinski definition) is 3. The number of carboxylic acid groups (broad SMARTS) is 1. The summed E-state index contributed by atoms with van der Waals surface area (Å²) in [7, 11) is -1.99. The lowest BCUT2D eigenvalue weighted by molar-refractivity contribution is -0.149. The number of hydrogen-bond donors (Lipinski definition) is 1. The summed E-state index contributed by atoms with van der Waals surface area (Å²) in [5, 5.41) is 8.00. The second-order valence-electron chi connectivity index (χ2n) is 3.58. The molecule has 0 aromatic rings. The number of rotatable bonds is 4. The third-order valence-electron chi connectivity index (χ3n) is 1.40. The summed E-state index contributed by atoms with van der Waals surface area (Å²) in [6, 6.07) is 0. The Morgan fingerprint density at radius 3 is 1.83 bits per heavy atom. The van der Waals surface area contributed by atoms with E-state index in [1.807, 2.05) is 0 Å². The predicted octanol–water partition coefficient (Wildman–Crippen LogP) is 0.477. The summed E-state index contributed by atoms with van der Waals surface area (Å²) in [6.07, 6.45) is -0.453. The minimum absolute atomic E-state index is 0.213. The van der Waals surface area contributed by atoms with Crippen molar-refractivity contribution in [1.82, 2.24) is 0 Å². The van der Waals surface area contributed by atoms with E-state index in [-0.39, 0.29) is 5.41 Å². The average Bonchev–Trinajstić information content (AvgIpc) is 1.85. The molecule has 0 saturated heterocycles. The lowest BCUT2D eigenvalue weighted by atomic mass is 10.3. The lowest BCUT2D eigenvalue weighted by Crippen LogP contribution is -2.36. The maximum Gasteiger partial charge on any atom is 0.372 e. The summed E-state index contributed by atoms with van der Waals surface area (Å²) in [5.74, 6) is -2.54. The molecule has 0 aromatic carbocycles. The van der Waals surface area contributed by atoms with E-state index in [1.54, 1.807) is 19.6 Å². The molecule has 68 valence electrons. The summed E-state index contributed by atoms with van der Waals surface area (Å²) in [5.41, 5.74) is 0. The van der Waals surface area contributed by atoms with Gasteiger partial charge in [-0.2, -0.15) is 0 Å². The van der Waals surface area contributed by atoms with Gasteiger partial charge in [-0.05, 0) is 0 Å². The molecule has 0 aliphatic carbocycles. The molecule has 4 nitrogen and oxygen atoms in total. The van der Waals surface area contributed by atoms with Crippen LogP contribution in [0.1, 0.15) is 6.42 Å². The Hall–Kier alpha value is -0.973. The standard InChI is InChI=1S/C7H12O4Si/c1-12(2,3)6(9)4-5(8)7(10)11/h4H2,1-3H3,(H,10,11). The van der Waals surface area contributed by atoms with Gasteiger partial charge in [0.05, 0.1) is 6.42 Å². The van der Waals surface area contributed by atoms with Gasteiger partial charge in [-0.3, -0.25) is 4.79 Å². The van der Waals surface area contributed by atoms with Crippen LogP contribution in [0.4, 0.5) is 0 Å². The molecule has 0 atom stereocenters. The van der Waals surface area contributed by atoms with Crippen LogP contribution in [-0.4, -0.2) is 30.3 Å². The van der Waals surface area contributed by atoms with Gasteiger partial charge < -0.3 is 9.90 Å². The fraction of sp³-hybridized carbons (Fsp3) is 0.571. The molecule has 0 aliphatic rings. The van der Waals surface area contributed by atoms with E-state index in [1.165, 1.54) is 0 Å². The molecular formula is C7H12O4Si. The fourth-order valence-electron chi connectivity index (χ4n) is 0.487. The molecule has 1 N–H and O–H groups in total. The molecule has 0 fully saturated rings. The zero-order chi connectivity index (χ0) is 9.94. The molecular weight excluding hydrogens is 176 g/mol. The highest BCUT2D eigenvalue weighted by Gasteiger charge is 2.27. The lowest BCUT2D eigenvalue weighted by Gasteiger charge is -2.11. The molecule has 0 amide bonds. The summed E-state index contributed by atoms with van der Waals surface area (Å²) < 4.78 is 0. The highest BCUT2D eigenvalue weighted by molar-refractivity contribution is 7.04. The van der Waals surface area contributed by atoms with Crippen LogP contribution in [0, 0.1) is 0 Å². The first-order valence-electron chi connectivity index (χ1n) is 3.54. The van der Waals surface area contributed by atoms with E-state index >= 15 is 0 Å². The van der Waals surface area contributed by atoms with Gasteiger partial charge in [0.15, 0.2) is 0 Å². The van der Waals surface area contributed by atoms with Gasteiger partial charge >= 0.3 is 5.97 Å². The van der Waals surface area contributed by atoms with E-state index in [4.69, 9.17) is 5.11 Å². The predicted molar refractivity (Wildman–Crippen MR) is 45.6 cm³/mol.